The number of carbonyl (C=O) groups excluding carboxylic acids is 2. The lowest BCUT2D eigenvalue weighted by Crippen LogP contribution is -2.39. The number of nitrogens with zero attached hydrogens (tertiary/aromatic N) is 3. The van der Waals surface area contributed by atoms with Gasteiger partial charge in [-0.15, -0.1) is 0 Å². The Balaban J connectivity index is 1.93. The van der Waals surface area contributed by atoms with Gasteiger partial charge in [-0.1, -0.05) is 23.2 Å². The number of nitrogens with one attached hydrogen (secondary N) is 2. The van der Waals surface area contributed by atoms with Gasteiger partial charge in [-0.3, -0.25) is 9.59 Å². The van der Waals surface area contributed by atoms with Crippen molar-refractivity contribution < 1.29 is 9.59 Å². The number of pyridine rings is 1. The Hall–Kier alpha value is -2.58. The largest absolute Gasteiger partial charge is 0.355 e. The van der Waals surface area contributed by atoms with E-state index in [-0.39, 0.29) is 23.5 Å². The Labute approximate surface area is 173 Å². The number of anilines is 2. The summed E-state index contributed by atoms with van der Waals surface area (Å²) in [6.07, 6.45) is 1.74. The predicted octanol–water partition coefficient (Wildman–Crippen LogP) is 2.76. The number of halogens is 2. The van der Waals surface area contributed by atoms with Crippen molar-refractivity contribution in [2.75, 3.05) is 17.4 Å². The quantitative estimate of drug-likeness (QED) is 0.751. The van der Waals surface area contributed by atoms with Crippen LogP contribution in [0.4, 0.5) is 11.5 Å². The summed E-state index contributed by atoms with van der Waals surface area (Å²) in [4.78, 5) is 29.5. The minimum absolute atomic E-state index is 0.195. The van der Waals surface area contributed by atoms with E-state index in [1.807, 2.05) is 0 Å². The van der Waals surface area contributed by atoms with Crippen molar-refractivity contribution in [3.05, 3.63) is 51.6 Å². The average Bonchev–Trinajstić information content (AvgIpc) is 3.05. The predicted molar refractivity (Wildman–Crippen MR) is 112 cm³/mol. The molecule has 0 aliphatic carbocycles. The third-order valence-corrected chi connectivity index (χ3v) is 4.73. The van der Waals surface area contributed by atoms with Gasteiger partial charge in [0.2, 0.25) is 5.91 Å². The van der Waals surface area contributed by atoms with Crippen LogP contribution in [-0.4, -0.2) is 43.3 Å². The molecule has 0 fully saturated rings. The number of aryl methyl sites for hydroxylation is 1. The molecule has 2 heterocycles. The second kappa shape index (κ2) is 8.20. The van der Waals surface area contributed by atoms with Gasteiger partial charge in [0.25, 0.3) is 5.91 Å². The molecule has 10 heteroatoms. The molecule has 2 amide bonds. The van der Waals surface area contributed by atoms with E-state index in [1.54, 1.807) is 31.3 Å². The van der Waals surface area contributed by atoms with E-state index >= 15 is 0 Å². The standard InChI is InChI=1S/C18H16BCl2N5O2/c1-9-6-10(20)7-11(17(27)22-2)15(9)24-18(28)13-8-14(19)25-26(13)16-12(21)4-3-5-23-16/h3-7,13H,8H2,1-2H3,(H,22,27)(H,24,28). The maximum Gasteiger partial charge on any atom is 0.253 e. The normalized spacial score (nSPS) is 15.9. The summed E-state index contributed by atoms with van der Waals surface area (Å²) in [6.45, 7) is 1.75. The number of hydrogen-bond donors (Lipinski definition) is 2. The molecule has 0 saturated carbocycles. The molecule has 0 spiro atoms. The van der Waals surface area contributed by atoms with Crippen LogP contribution < -0.4 is 15.6 Å². The van der Waals surface area contributed by atoms with Crippen molar-refractivity contribution in [1.29, 1.82) is 0 Å². The first-order valence-corrected chi connectivity index (χ1v) is 9.13. The first-order valence-electron chi connectivity index (χ1n) is 8.37. The molecule has 2 radical (unpaired) electrons. The van der Waals surface area contributed by atoms with Crippen LogP contribution in [0.5, 0.6) is 0 Å². The van der Waals surface area contributed by atoms with Gasteiger partial charge in [-0.2, -0.15) is 5.10 Å². The molecule has 1 aliphatic rings. The molecule has 0 bridgehead atoms. The van der Waals surface area contributed by atoms with Crippen LogP contribution >= 0.6 is 23.2 Å². The highest BCUT2D eigenvalue weighted by molar-refractivity contribution is 6.60. The van der Waals surface area contributed by atoms with Gasteiger partial charge in [0, 0.05) is 24.7 Å². The zero-order valence-corrected chi connectivity index (χ0v) is 16.7. The lowest BCUT2D eigenvalue weighted by molar-refractivity contribution is -0.117. The third kappa shape index (κ3) is 3.98. The molecule has 28 heavy (non-hydrogen) atoms. The minimum Gasteiger partial charge on any atom is -0.355 e. The molecule has 2 N–H and O–H groups in total. The van der Waals surface area contributed by atoms with Crippen LogP contribution in [0.15, 0.2) is 35.6 Å². The van der Waals surface area contributed by atoms with Crippen molar-refractivity contribution in [2.24, 2.45) is 5.10 Å². The maximum absolute atomic E-state index is 13.0. The summed E-state index contributed by atoms with van der Waals surface area (Å²) >= 11 is 12.3. The zero-order valence-electron chi connectivity index (χ0n) is 15.2. The Kier molecular flexibility index (Phi) is 5.91. The number of hydrogen-bond acceptors (Lipinski definition) is 5. The number of rotatable bonds is 4. The molecule has 1 aromatic heterocycles. The summed E-state index contributed by atoms with van der Waals surface area (Å²) < 4.78 is 0. The van der Waals surface area contributed by atoms with Crippen LogP contribution in [0.2, 0.25) is 10.0 Å². The topological polar surface area (TPSA) is 86.7 Å². The highest BCUT2D eigenvalue weighted by Gasteiger charge is 2.34. The van der Waals surface area contributed by atoms with E-state index in [1.165, 1.54) is 18.1 Å². The smallest absolute Gasteiger partial charge is 0.253 e. The van der Waals surface area contributed by atoms with E-state index in [4.69, 9.17) is 31.0 Å². The minimum atomic E-state index is -0.764. The van der Waals surface area contributed by atoms with Gasteiger partial charge in [-0.25, -0.2) is 9.99 Å². The third-order valence-electron chi connectivity index (χ3n) is 4.21. The molecule has 1 unspecified atom stereocenters. The zero-order chi connectivity index (χ0) is 20.4. The molecule has 3 rings (SSSR count). The molecular formula is C18H16BCl2N5O2. The number of carbonyl (C=O) groups is 2. The Morgan fingerprint density at radius 2 is 2.07 bits per heavy atom. The van der Waals surface area contributed by atoms with Crippen molar-refractivity contribution in [3.8, 4) is 0 Å². The van der Waals surface area contributed by atoms with E-state index in [0.717, 1.165) is 0 Å². The highest BCUT2D eigenvalue weighted by atomic mass is 35.5. The summed E-state index contributed by atoms with van der Waals surface area (Å²) in [5.41, 5.74) is 1.55. The van der Waals surface area contributed by atoms with Crippen LogP contribution in [0.3, 0.4) is 0 Å². The van der Waals surface area contributed by atoms with Gasteiger partial charge in [0.15, 0.2) is 5.82 Å². The number of amides is 2. The molecule has 1 atom stereocenters. The van der Waals surface area contributed by atoms with Gasteiger partial charge in [-0.05, 0) is 42.4 Å². The monoisotopic (exact) mass is 415 g/mol. The van der Waals surface area contributed by atoms with Gasteiger partial charge in [0.05, 0.1) is 16.3 Å². The first kappa shape index (κ1) is 20.2. The van der Waals surface area contributed by atoms with Crippen molar-refractivity contribution in [3.63, 3.8) is 0 Å². The van der Waals surface area contributed by atoms with E-state index in [9.17, 15) is 9.59 Å². The fourth-order valence-corrected chi connectivity index (χ4v) is 3.39. The number of aromatic nitrogens is 1. The molecular weight excluding hydrogens is 400 g/mol. The highest BCUT2D eigenvalue weighted by Crippen LogP contribution is 2.31. The summed E-state index contributed by atoms with van der Waals surface area (Å²) in [5.74, 6) is -0.446. The molecule has 7 nitrogen and oxygen atoms in total. The van der Waals surface area contributed by atoms with Crippen molar-refractivity contribution >= 4 is 60.0 Å². The SMILES string of the molecule is [B]C1=NN(c2ncccc2Cl)C(C(=O)Nc2c(C)cc(Cl)cc2C(=O)NC)C1. The fourth-order valence-electron chi connectivity index (χ4n) is 2.91. The Morgan fingerprint density at radius 3 is 2.75 bits per heavy atom. The lowest BCUT2D eigenvalue weighted by Gasteiger charge is -2.23. The van der Waals surface area contributed by atoms with Crippen molar-refractivity contribution in [1.82, 2.24) is 10.3 Å². The van der Waals surface area contributed by atoms with Crippen molar-refractivity contribution in [2.45, 2.75) is 19.4 Å². The van der Waals surface area contributed by atoms with E-state index < -0.39 is 11.9 Å². The molecule has 142 valence electrons. The summed E-state index contributed by atoms with van der Waals surface area (Å²) in [5, 5.41) is 11.7. The fraction of sp³-hybridized carbons (Fsp3) is 0.222. The maximum atomic E-state index is 13.0. The van der Waals surface area contributed by atoms with Crippen LogP contribution in [-0.2, 0) is 4.79 Å². The van der Waals surface area contributed by atoms with Gasteiger partial charge < -0.3 is 10.6 Å². The average molecular weight is 416 g/mol. The van der Waals surface area contributed by atoms with E-state index in [2.05, 4.69) is 20.7 Å². The Morgan fingerprint density at radius 1 is 1.32 bits per heavy atom. The first-order chi connectivity index (χ1) is 13.3. The number of benzene rings is 1. The molecule has 0 saturated heterocycles. The van der Waals surface area contributed by atoms with Crippen LogP contribution in [0, 0.1) is 6.92 Å². The Bertz CT molecular complexity index is 982. The van der Waals surface area contributed by atoms with E-state index in [0.29, 0.717) is 27.1 Å². The van der Waals surface area contributed by atoms with Crippen LogP contribution in [0.1, 0.15) is 22.3 Å². The molecule has 2 aromatic rings. The van der Waals surface area contributed by atoms with Gasteiger partial charge in [0.1, 0.15) is 13.9 Å². The summed E-state index contributed by atoms with van der Waals surface area (Å²) in [6, 6.07) is 5.72. The summed E-state index contributed by atoms with van der Waals surface area (Å²) in [7, 11) is 7.36. The second-order valence-corrected chi connectivity index (χ2v) is 7.02. The van der Waals surface area contributed by atoms with Gasteiger partial charge >= 0.3 is 0 Å². The number of hydrazone groups is 1. The molecule has 1 aromatic carbocycles. The lowest BCUT2D eigenvalue weighted by atomic mass is 9.95. The van der Waals surface area contributed by atoms with Crippen LogP contribution in [0.25, 0.3) is 0 Å². The second-order valence-electron chi connectivity index (χ2n) is 6.18. The molecule has 1 aliphatic heterocycles.